The van der Waals surface area contributed by atoms with E-state index in [1.54, 1.807) is 12.3 Å². The minimum atomic E-state index is -1.41. The van der Waals surface area contributed by atoms with E-state index in [9.17, 15) is 4.21 Å². The van der Waals surface area contributed by atoms with Crippen molar-refractivity contribution in [1.29, 1.82) is 5.26 Å². The van der Waals surface area contributed by atoms with Gasteiger partial charge >= 0.3 is 0 Å². The summed E-state index contributed by atoms with van der Waals surface area (Å²) in [6, 6.07) is 9.36. The number of benzene rings is 1. The zero-order valence-corrected chi connectivity index (χ0v) is 19.4. The van der Waals surface area contributed by atoms with Gasteiger partial charge in [0, 0.05) is 15.6 Å². The van der Waals surface area contributed by atoms with Crippen LogP contribution in [0.4, 0.5) is 0 Å². The quantitative estimate of drug-likeness (QED) is 0.455. The second-order valence-corrected chi connectivity index (χ2v) is 10.9. The number of nitriles is 1. The van der Waals surface area contributed by atoms with Crippen molar-refractivity contribution in [3.63, 3.8) is 0 Å². The maximum atomic E-state index is 13.2. The first-order valence-electron chi connectivity index (χ1n) is 8.96. The molecule has 1 aromatic heterocycles. The highest BCUT2D eigenvalue weighted by Gasteiger charge is 2.45. The number of nitrogens with one attached hydrogen (secondary N) is 1. The lowest BCUT2D eigenvalue weighted by atomic mass is 9.79. The van der Waals surface area contributed by atoms with Gasteiger partial charge in [0.1, 0.15) is 17.5 Å². The molecule has 0 aliphatic carbocycles. The Kier molecular flexibility index (Phi) is 6.66. The Hall–Kier alpha value is -1.50. The summed E-state index contributed by atoms with van der Waals surface area (Å²) >= 11 is 9.74. The fourth-order valence-corrected chi connectivity index (χ4v) is 4.57. The van der Waals surface area contributed by atoms with E-state index in [-0.39, 0.29) is 13.2 Å². The van der Waals surface area contributed by atoms with Crippen LogP contribution in [0.5, 0.6) is 11.5 Å². The van der Waals surface area contributed by atoms with Gasteiger partial charge in [0.15, 0.2) is 5.75 Å². The van der Waals surface area contributed by atoms with Crippen LogP contribution in [0.25, 0.3) is 0 Å². The summed E-state index contributed by atoms with van der Waals surface area (Å²) in [5, 5.41) is 9.12. The zero-order valence-electron chi connectivity index (χ0n) is 16.3. The SMILES string of the molecule is CC(C)(C)S(=O)NC1(CCOCC#N)c2cc(Br)ccc2Oc2cnc(Cl)cc21. The van der Waals surface area contributed by atoms with Crippen molar-refractivity contribution in [2.24, 2.45) is 0 Å². The van der Waals surface area contributed by atoms with Crippen molar-refractivity contribution in [1.82, 2.24) is 9.71 Å². The topological polar surface area (TPSA) is 84.2 Å². The van der Waals surface area contributed by atoms with E-state index in [4.69, 9.17) is 26.3 Å². The third-order valence-corrected chi connectivity index (χ3v) is 6.87. The van der Waals surface area contributed by atoms with Crippen LogP contribution in [0.1, 0.15) is 38.3 Å². The van der Waals surface area contributed by atoms with Gasteiger partial charge in [-0.05, 0) is 51.5 Å². The highest BCUT2D eigenvalue weighted by molar-refractivity contribution is 9.10. The lowest BCUT2D eigenvalue weighted by molar-refractivity contribution is 0.142. The monoisotopic (exact) mass is 497 g/mol. The fourth-order valence-electron chi connectivity index (χ4n) is 3.11. The van der Waals surface area contributed by atoms with E-state index in [2.05, 4.69) is 25.6 Å². The Labute approximate surface area is 186 Å². The highest BCUT2D eigenvalue weighted by Crippen LogP contribution is 2.50. The molecule has 2 heterocycles. The van der Waals surface area contributed by atoms with Crippen LogP contribution in [0.2, 0.25) is 5.15 Å². The second kappa shape index (κ2) is 8.70. The molecule has 0 saturated carbocycles. The summed E-state index contributed by atoms with van der Waals surface area (Å²) in [6.45, 7) is 5.95. The van der Waals surface area contributed by atoms with Gasteiger partial charge in [-0.3, -0.25) is 0 Å². The molecule has 154 valence electrons. The minimum absolute atomic E-state index is 0.0236. The summed E-state index contributed by atoms with van der Waals surface area (Å²) in [4.78, 5) is 4.14. The van der Waals surface area contributed by atoms with Crippen LogP contribution in [0.3, 0.4) is 0 Å². The second-order valence-electron chi connectivity index (χ2n) is 7.59. The molecule has 0 bridgehead atoms. The van der Waals surface area contributed by atoms with E-state index in [0.29, 0.717) is 23.1 Å². The molecule has 0 spiro atoms. The molecule has 1 aromatic carbocycles. The van der Waals surface area contributed by atoms with Crippen LogP contribution in [-0.2, 0) is 21.3 Å². The molecule has 1 aliphatic rings. The smallest absolute Gasteiger partial charge is 0.151 e. The van der Waals surface area contributed by atoms with Crippen LogP contribution >= 0.6 is 27.5 Å². The summed E-state index contributed by atoms with van der Waals surface area (Å²) in [6.07, 6.45) is 1.98. The van der Waals surface area contributed by atoms with E-state index >= 15 is 0 Å². The predicted molar refractivity (Wildman–Crippen MR) is 116 cm³/mol. The standard InChI is InChI=1S/C20H21BrClN3O3S/c1-19(2,3)29(26)25-20(6-8-27-9-7-23)14-10-13(21)4-5-16(14)28-17-12-24-18(22)11-15(17)20/h4-5,10-12,25H,6,8-9H2,1-3H3. The molecule has 2 aromatic rings. The molecule has 2 unspecified atom stereocenters. The molecule has 1 aliphatic heterocycles. The average molecular weight is 499 g/mol. The first kappa shape index (κ1) is 22.2. The molecule has 0 radical (unpaired) electrons. The van der Waals surface area contributed by atoms with Crippen molar-refractivity contribution in [2.75, 3.05) is 13.2 Å². The van der Waals surface area contributed by atoms with Gasteiger partial charge in [-0.25, -0.2) is 13.9 Å². The van der Waals surface area contributed by atoms with Gasteiger partial charge in [0.25, 0.3) is 0 Å². The van der Waals surface area contributed by atoms with E-state index in [1.165, 1.54) is 0 Å². The summed E-state index contributed by atoms with van der Waals surface area (Å²) < 4.78 is 28.4. The number of rotatable bonds is 6. The maximum Gasteiger partial charge on any atom is 0.151 e. The predicted octanol–water partition coefficient (Wildman–Crippen LogP) is 4.83. The molecule has 0 fully saturated rings. The van der Waals surface area contributed by atoms with Gasteiger partial charge in [-0.15, -0.1) is 0 Å². The Bertz CT molecular complexity index is 936. The molecule has 9 heteroatoms. The Morgan fingerprint density at radius 2 is 2.07 bits per heavy atom. The van der Waals surface area contributed by atoms with Crippen LogP contribution in [0.15, 0.2) is 34.9 Å². The van der Waals surface area contributed by atoms with Gasteiger partial charge in [0.2, 0.25) is 0 Å². The molecule has 2 atom stereocenters. The van der Waals surface area contributed by atoms with Crippen molar-refractivity contribution >= 4 is 38.5 Å². The van der Waals surface area contributed by atoms with Gasteiger partial charge < -0.3 is 9.47 Å². The van der Waals surface area contributed by atoms with Gasteiger partial charge in [-0.2, -0.15) is 5.26 Å². The lowest BCUT2D eigenvalue weighted by Gasteiger charge is -2.41. The molecule has 6 nitrogen and oxygen atoms in total. The van der Waals surface area contributed by atoms with Crippen LogP contribution < -0.4 is 9.46 Å². The Balaban J connectivity index is 2.21. The number of halogens is 2. The molecular weight excluding hydrogens is 478 g/mol. The fraction of sp³-hybridized carbons (Fsp3) is 0.400. The third-order valence-electron chi connectivity index (χ3n) is 4.53. The third kappa shape index (κ3) is 4.65. The molecular formula is C20H21BrClN3O3S. The molecule has 0 saturated heterocycles. The lowest BCUT2D eigenvalue weighted by Crippen LogP contribution is -2.50. The number of hydrogen-bond acceptors (Lipinski definition) is 5. The van der Waals surface area contributed by atoms with Crippen molar-refractivity contribution in [3.8, 4) is 17.6 Å². The molecule has 0 amide bonds. The first-order valence-corrected chi connectivity index (χ1v) is 11.3. The summed E-state index contributed by atoms with van der Waals surface area (Å²) in [7, 11) is -1.41. The van der Waals surface area contributed by atoms with Gasteiger partial charge in [-0.1, -0.05) is 27.5 Å². The Morgan fingerprint density at radius 1 is 1.34 bits per heavy atom. The zero-order chi connectivity index (χ0) is 21.2. The van der Waals surface area contributed by atoms with Gasteiger partial charge in [0.05, 0.1) is 40.1 Å². The Morgan fingerprint density at radius 3 is 2.76 bits per heavy atom. The van der Waals surface area contributed by atoms with Crippen molar-refractivity contribution < 1.29 is 13.7 Å². The highest BCUT2D eigenvalue weighted by atomic mass is 79.9. The van der Waals surface area contributed by atoms with Crippen LogP contribution in [0, 0.1) is 11.3 Å². The number of hydrogen-bond donors (Lipinski definition) is 1. The van der Waals surface area contributed by atoms with Crippen LogP contribution in [-0.4, -0.2) is 27.2 Å². The summed E-state index contributed by atoms with van der Waals surface area (Å²) in [5.74, 6) is 1.16. The van der Waals surface area contributed by atoms with E-state index in [0.717, 1.165) is 15.6 Å². The number of pyridine rings is 1. The molecule has 3 rings (SSSR count). The van der Waals surface area contributed by atoms with E-state index in [1.807, 2.05) is 45.0 Å². The van der Waals surface area contributed by atoms with Crippen molar-refractivity contribution in [2.45, 2.75) is 37.5 Å². The number of ether oxygens (including phenoxy) is 2. The normalized spacial score (nSPS) is 18.9. The number of fused-ring (bicyclic) bond motifs is 2. The number of aromatic nitrogens is 1. The summed E-state index contributed by atoms with van der Waals surface area (Å²) in [5.41, 5.74) is 0.619. The average Bonchev–Trinajstić information content (AvgIpc) is 2.65. The minimum Gasteiger partial charge on any atom is -0.455 e. The number of nitrogens with zero attached hydrogens (tertiary/aromatic N) is 2. The first-order chi connectivity index (χ1) is 13.7. The van der Waals surface area contributed by atoms with Crippen molar-refractivity contribution in [3.05, 3.63) is 51.2 Å². The molecule has 29 heavy (non-hydrogen) atoms. The van der Waals surface area contributed by atoms with E-state index < -0.39 is 21.3 Å². The molecule has 1 N–H and O–H groups in total. The maximum absolute atomic E-state index is 13.2. The largest absolute Gasteiger partial charge is 0.455 e.